The lowest BCUT2D eigenvalue weighted by atomic mass is 9.77. The standard InChI is InChI=1S/C31H41NO8/c1-36-25-17-30-11-6-13-32(30)14-10-21-15-23-24(39-19-38-23)16-22(21)27(30)28(25)40-29(34)31(35,18-26(33)37-2)12-9-20-7-4-3-5-8-20/h15-17,20,27-28,35H,3-14,18-19H2,1-2H3/t27-,28-,30+,31-/m1/s1. The molecule has 0 bridgehead atoms. The molecule has 3 heterocycles. The van der Waals surface area contributed by atoms with Crippen molar-refractivity contribution in [3.8, 4) is 11.5 Å². The van der Waals surface area contributed by atoms with E-state index in [0.29, 0.717) is 23.8 Å². The van der Waals surface area contributed by atoms with Gasteiger partial charge in [0.05, 0.1) is 32.1 Å². The van der Waals surface area contributed by atoms with Crippen molar-refractivity contribution in [2.75, 3.05) is 34.1 Å². The molecule has 2 aliphatic carbocycles. The zero-order valence-electron chi connectivity index (χ0n) is 23.6. The first-order chi connectivity index (χ1) is 19.4. The molecular weight excluding hydrogens is 514 g/mol. The number of fused-ring (bicyclic) bond motifs is 3. The Morgan fingerprint density at radius 2 is 1.88 bits per heavy atom. The second kappa shape index (κ2) is 10.9. The summed E-state index contributed by atoms with van der Waals surface area (Å²) >= 11 is 0. The van der Waals surface area contributed by atoms with Crippen LogP contribution < -0.4 is 9.47 Å². The van der Waals surface area contributed by atoms with Crippen LogP contribution in [-0.2, 0) is 30.2 Å². The van der Waals surface area contributed by atoms with Crippen molar-refractivity contribution in [1.82, 2.24) is 4.90 Å². The molecule has 6 rings (SSSR count). The fraction of sp³-hybridized carbons (Fsp3) is 0.677. The molecule has 1 saturated heterocycles. The molecule has 218 valence electrons. The number of ether oxygens (including phenoxy) is 5. The van der Waals surface area contributed by atoms with Crippen LogP contribution in [0, 0.1) is 5.92 Å². The summed E-state index contributed by atoms with van der Waals surface area (Å²) in [5.74, 6) is 0.741. The maximum absolute atomic E-state index is 13.9. The largest absolute Gasteiger partial charge is 0.497 e. The molecule has 1 spiro atoms. The highest BCUT2D eigenvalue weighted by atomic mass is 16.7. The Balaban J connectivity index is 1.33. The number of carbonyl (C=O) groups excluding carboxylic acids is 2. The zero-order valence-corrected chi connectivity index (χ0v) is 23.6. The van der Waals surface area contributed by atoms with Crippen LogP contribution in [0.1, 0.15) is 81.3 Å². The quantitative estimate of drug-likeness (QED) is 0.477. The molecule has 9 heteroatoms. The van der Waals surface area contributed by atoms with Gasteiger partial charge in [-0.25, -0.2) is 4.79 Å². The van der Waals surface area contributed by atoms with Crippen LogP contribution in [0.2, 0.25) is 0 Å². The van der Waals surface area contributed by atoms with Gasteiger partial charge in [-0.15, -0.1) is 0 Å². The van der Waals surface area contributed by atoms with Crippen molar-refractivity contribution in [2.45, 2.75) is 93.8 Å². The molecule has 40 heavy (non-hydrogen) atoms. The minimum absolute atomic E-state index is 0.154. The molecule has 0 radical (unpaired) electrons. The van der Waals surface area contributed by atoms with Gasteiger partial charge in [0.25, 0.3) is 0 Å². The Morgan fingerprint density at radius 3 is 2.62 bits per heavy atom. The van der Waals surface area contributed by atoms with E-state index < -0.39 is 30.1 Å². The molecule has 0 unspecified atom stereocenters. The van der Waals surface area contributed by atoms with Crippen LogP contribution in [0.25, 0.3) is 0 Å². The molecule has 2 fully saturated rings. The molecule has 1 saturated carbocycles. The van der Waals surface area contributed by atoms with Crippen molar-refractivity contribution in [3.05, 3.63) is 35.1 Å². The third-order valence-corrected chi connectivity index (χ3v) is 9.93. The van der Waals surface area contributed by atoms with E-state index in [1.807, 2.05) is 6.07 Å². The molecular formula is C31H41NO8. The van der Waals surface area contributed by atoms with Gasteiger partial charge in [0.2, 0.25) is 6.79 Å². The molecule has 1 aromatic rings. The van der Waals surface area contributed by atoms with Crippen LogP contribution >= 0.6 is 0 Å². The molecule has 0 aromatic heterocycles. The third-order valence-electron chi connectivity index (χ3n) is 9.93. The monoisotopic (exact) mass is 555 g/mol. The smallest absolute Gasteiger partial charge is 0.339 e. The molecule has 3 aliphatic heterocycles. The summed E-state index contributed by atoms with van der Waals surface area (Å²) in [6.45, 7) is 1.99. The minimum Gasteiger partial charge on any atom is -0.497 e. The molecule has 0 amide bonds. The van der Waals surface area contributed by atoms with Crippen molar-refractivity contribution in [2.24, 2.45) is 5.92 Å². The van der Waals surface area contributed by atoms with E-state index in [-0.39, 0.29) is 24.7 Å². The van der Waals surface area contributed by atoms with Crippen LogP contribution in [0.3, 0.4) is 0 Å². The number of nitrogens with zero attached hydrogens (tertiary/aromatic N) is 1. The van der Waals surface area contributed by atoms with Gasteiger partial charge in [0.1, 0.15) is 5.76 Å². The highest BCUT2D eigenvalue weighted by Crippen LogP contribution is 2.55. The number of hydrogen-bond acceptors (Lipinski definition) is 9. The topological polar surface area (TPSA) is 104 Å². The van der Waals surface area contributed by atoms with Crippen LogP contribution in [0.4, 0.5) is 0 Å². The zero-order chi connectivity index (χ0) is 27.9. The minimum atomic E-state index is -1.98. The van der Waals surface area contributed by atoms with Crippen molar-refractivity contribution in [1.29, 1.82) is 0 Å². The molecule has 1 aromatic carbocycles. The molecule has 1 N–H and O–H groups in total. The highest BCUT2D eigenvalue weighted by molar-refractivity contribution is 5.86. The van der Waals surface area contributed by atoms with Gasteiger partial charge in [0.15, 0.2) is 23.2 Å². The van der Waals surface area contributed by atoms with Gasteiger partial charge >= 0.3 is 11.9 Å². The molecule has 9 nitrogen and oxygen atoms in total. The first-order valence-corrected chi connectivity index (χ1v) is 14.8. The van der Waals surface area contributed by atoms with Gasteiger partial charge in [-0.05, 0) is 73.9 Å². The third kappa shape index (κ3) is 4.75. The first kappa shape index (κ1) is 27.4. The summed E-state index contributed by atoms with van der Waals surface area (Å²) in [6, 6.07) is 4.08. The van der Waals surface area contributed by atoms with E-state index in [9.17, 15) is 14.7 Å². The predicted octanol–water partition coefficient (Wildman–Crippen LogP) is 4.00. The van der Waals surface area contributed by atoms with E-state index >= 15 is 0 Å². The number of methoxy groups -OCH3 is 2. The number of hydrogen-bond donors (Lipinski definition) is 1. The maximum Gasteiger partial charge on any atom is 0.339 e. The summed E-state index contributed by atoms with van der Waals surface area (Å²) in [6.07, 6.45) is 10.2. The van der Waals surface area contributed by atoms with Crippen molar-refractivity contribution >= 4 is 11.9 Å². The fourth-order valence-electron chi connectivity index (χ4n) is 7.81. The average Bonchev–Trinajstić information content (AvgIpc) is 3.66. The number of carbonyl (C=O) groups is 2. The fourth-order valence-corrected chi connectivity index (χ4v) is 7.81. The Morgan fingerprint density at radius 1 is 1.10 bits per heavy atom. The Labute approximate surface area is 235 Å². The van der Waals surface area contributed by atoms with E-state index in [4.69, 9.17) is 23.7 Å². The van der Waals surface area contributed by atoms with Crippen molar-refractivity contribution in [3.63, 3.8) is 0 Å². The first-order valence-electron chi connectivity index (χ1n) is 14.8. The Hall–Kier alpha value is -2.78. The normalized spacial score (nSPS) is 28.9. The van der Waals surface area contributed by atoms with E-state index in [1.165, 1.54) is 13.5 Å². The average molecular weight is 556 g/mol. The number of rotatable bonds is 8. The molecule has 5 aliphatic rings. The predicted molar refractivity (Wildman–Crippen MR) is 145 cm³/mol. The number of esters is 2. The van der Waals surface area contributed by atoms with Gasteiger partial charge in [-0.1, -0.05) is 32.1 Å². The number of benzene rings is 1. The number of aliphatic hydroxyl groups is 1. The summed E-state index contributed by atoms with van der Waals surface area (Å²) < 4.78 is 28.4. The lowest BCUT2D eigenvalue weighted by Crippen LogP contribution is -2.49. The summed E-state index contributed by atoms with van der Waals surface area (Å²) in [5, 5.41) is 11.7. The SMILES string of the molecule is COC(=O)C[C@](O)(CCC1CCCCC1)C(=O)O[C@@H]1C(OC)=C[C@]23CCCN2CCc2cc4c(cc2[C@H]13)OCO4. The van der Waals surface area contributed by atoms with Gasteiger partial charge < -0.3 is 28.8 Å². The summed E-state index contributed by atoms with van der Waals surface area (Å²) in [7, 11) is 2.86. The van der Waals surface area contributed by atoms with Crippen LogP contribution in [0.15, 0.2) is 24.0 Å². The van der Waals surface area contributed by atoms with Crippen LogP contribution in [-0.4, -0.2) is 73.3 Å². The lowest BCUT2D eigenvalue weighted by molar-refractivity contribution is -0.178. The lowest BCUT2D eigenvalue weighted by Gasteiger charge is -2.39. The van der Waals surface area contributed by atoms with Crippen LogP contribution in [0.5, 0.6) is 11.5 Å². The van der Waals surface area contributed by atoms with Gasteiger partial charge in [0, 0.05) is 6.54 Å². The second-order valence-corrected chi connectivity index (χ2v) is 12.1. The van der Waals surface area contributed by atoms with Crippen molar-refractivity contribution < 1.29 is 38.4 Å². The van der Waals surface area contributed by atoms with E-state index in [1.54, 1.807) is 7.11 Å². The second-order valence-electron chi connectivity index (χ2n) is 12.1. The summed E-state index contributed by atoms with van der Waals surface area (Å²) in [5.41, 5.74) is -0.167. The maximum atomic E-state index is 13.9. The van der Waals surface area contributed by atoms with Gasteiger partial charge in [-0.2, -0.15) is 0 Å². The Bertz CT molecular complexity index is 1180. The highest BCUT2D eigenvalue weighted by Gasteiger charge is 2.59. The summed E-state index contributed by atoms with van der Waals surface area (Å²) in [4.78, 5) is 28.8. The van der Waals surface area contributed by atoms with E-state index in [0.717, 1.165) is 74.9 Å². The Kier molecular flexibility index (Phi) is 7.46. The molecule has 4 atom stereocenters. The van der Waals surface area contributed by atoms with Gasteiger partial charge in [-0.3, -0.25) is 9.69 Å². The van der Waals surface area contributed by atoms with E-state index in [2.05, 4.69) is 17.0 Å².